The van der Waals surface area contributed by atoms with Crippen LogP contribution in [0.1, 0.15) is 24.0 Å². The Morgan fingerprint density at radius 3 is 1.88 bits per heavy atom. The monoisotopic (exact) mass is 373 g/mol. The number of methoxy groups -OCH3 is 2. The molecule has 6 heteroatoms. The van der Waals surface area contributed by atoms with Gasteiger partial charge < -0.3 is 19.9 Å². The average molecular weight is 374 g/mol. The molecule has 0 saturated heterocycles. The van der Waals surface area contributed by atoms with Crippen molar-refractivity contribution < 1.29 is 19.4 Å². The summed E-state index contributed by atoms with van der Waals surface area (Å²) in [6.07, 6.45) is 1.37. The van der Waals surface area contributed by atoms with Gasteiger partial charge in [0.1, 0.15) is 5.41 Å². The van der Waals surface area contributed by atoms with Crippen LogP contribution in [0.2, 0.25) is 0 Å². The van der Waals surface area contributed by atoms with Crippen LogP contribution in [-0.2, 0) is 19.9 Å². The largest absolute Gasteiger partial charge is 0.372 e. The number of benzene rings is 2. The maximum atomic E-state index is 12.9. The molecule has 0 aliphatic carbocycles. The fourth-order valence-electron chi connectivity index (χ4n) is 2.81. The van der Waals surface area contributed by atoms with Crippen molar-refractivity contribution >= 4 is 16.1 Å². The van der Waals surface area contributed by atoms with Crippen molar-refractivity contribution in [2.45, 2.75) is 23.9 Å². The second-order valence-corrected chi connectivity index (χ2v) is 7.87. The van der Waals surface area contributed by atoms with Gasteiger partial charge in [-0.2, -0.15) is 0 Å². The van der Waals surface area contributed by atoms with Gasteiger partial charge in [-0.15, -0.1) is 0 Å². The number of hydrogen-bond donors (Lipinski definition) is 2. The summed E-state index contributed by atoms with van der Waals surface area (Å²) in [6, 6.07) is 18.0. The lowest BCUT2D eigenvalue weighted by Crippen LogP contribution is -2.46. The summed E-state index contributed by atoms with van der Waals surface area (Å²) < 4.78 is 10.8. The van der Waals surface area contributed by atoms with Crippen molar-refractivity contribution in [3.8, 4) is 0 Å². The number of aliphatic hydroxyl groups is 1. The maximum Gasteiger partial charge on any atom is 0.261 e. The zero-order valence-electron chi connectivity index (χ0n) is 15.6. The number of ether oxygens (including phenoxy) is 2. The maximum absolute atomic E-state index is 12.9. The van der Waals surface area contributed by atoms with Gasteiger partial charge in [-0.1, -0.05) is 60.7 Å². The average Bonchev–Trinajstić information content (AvgIpc) is 2.71. The van der Waals surface area contributed by atoms with Crippen LogP contribution >= 0.6 is 0 Å². The van der Waals surface area contributed by atoms with Crippen molar-refractivity contribution in [2.24, 2.45) is 0 Å². The summed E-state index contributed by atoms with van der Waals surface area (Å²) in [7, 11) is 3.97. The lowest BCUT2D eigenvalue weighted by atomic mass is 9.85. The second-order valence-electron chi connectivity index (χ2n) is 6.34. The van der Waals surface area contributed by atoms with E-state index in [4.69, 9.17) is 9.47 Å². The summed E-state index contributed by atoms with van der Waals surface area (Å²) in [5, 5.41) is 14.2. The first-order chi connectivity index (χ1) is 12.5. The second kappa shape index (κ2) is 9.09. The van der Waals surface area contributed by atoms with Gasteiger partial charge in [0.2, 0.25) is 0 Å². The molecular formula is C20H27NO4Si. The van der Waals surface area contributed by atoms with E-state index in [1.165, 1.54) is 0 Å². The zero-order valence-corrected chi connectivity index (χ0v) is 17.6. The van der Waals surface area contributed by atoms with Crippen molar-refractivity contribution in [3.05, 3.63) is 71.8 Å². The van der Waals surface area contributed by atoms with Crippen molar-refractivity contribution in [1.82, 2.24) is 5.32 Å². The van der Waals surface area contributed by atoms with Gasteiger partial charge in [-0.25, -0.2) is 0 Å². The van der Waals surface area contributed by atoms with Crippen LogP contribution in [0.15, 0.2) is 60.7 Å². The molecule has 0 bridgehead atoms. The molecule has 0 aliphatic heterocycles. The van der Waals surface area contributed by atoms with Crippen molar-refractivity contribution in [3.63, 3.8) is 0 Å². The van der Waals surface area contributed by atoms with E-state index in [1.807, 2.05) is 36.4 Å². The normalized spacial score (nSPS) is 12.1. The predicted octanol–water partition coefficient (Wildman–Crippen LogP) is 1.13. The summed E-state index contributed by atoms with van der Waals surface area (Å²) in [6.45, 7) is 0.428. The Morgan fingerprint density at radius 1 is 1.00 bits per heavy atom. The highest BCUT2D eigenvalue weighted by Gasteiger charge is 2.39. The number of nitrogens with one attached hydrogen (secondary N) is 1. The molecule has 0 unspecified atom stereocenters. The molecule has 0 heterocycles. The molecule has 2 aromatic rings. The number of hydrogen-bond acceptors (Lipinski definition) is 4. The molecule has 0 fully saturated rings. The van der Waals surface area contributed by atoms with E-state index in [1.54, 1.807) is 38.5 Å². The van der Waals surface area contributed by atoms with Gasteiger partial charge in [0.25, 0.3) is 5.91 Å². The molecular weight excluding hydrogens is 346 g/mol. The first-order valence-corrected chi connectivity index (χ1v) is 9.68. The molecule has 2 rings (SSSR count). The Labute approximate surface area is 157 Å². The minimum absolute atomic E-state index is 0.428. The van der Waals surface area contributed by atoms with Crippen LogP contribution in [0.25, 0.3) is 0 Å². The smallest absolute Gasteiger partial charge is 0.261 e. The molecule has 0 atom stereocenters. The standard InChI is InChI=1S/C20H27NO4Si/c1-24-19(26,25-2)14-9-15-21-18(22)20(23,16-10-5-3-6-11-16)17-12-7-4-8-13-17/h3-8,10-13,23H,9,14-15H2,1-2,26H3,(H,21,22). The molecule has 0 aliphatic rings. The minimum Gasteiger partial charge on any atom is -0.372 e. The Morgan fingerprint density at radius 2 is 1.46 bits per heavy atom. The number of carbonyl (C=O) groups is 1. The molecule has 0 radical (unpaired) electrons. The molecule has 1 amide bonds. The van der Waals surface area contributed by atoms with Crippen LogP contribution < -0.4 is 5.32 Å². The molecule has 0 spiro atoms. The van der Waals surface area contributed by atoms with E-state index in [9.17, 15) is 9.90 Å². The van der Waals surface area contributed by atoms with Gasteiger partial charge in [-0.05, 0) is 24.0 Å². The number of rotatable bonds is 9. The predicted molar refractivity (Wildman–Crippen MR) is 105 cm³/mol. The highest BCUT2D eigenvalue weighted by Crippen LogP contribution is 2.29. The highest BCUT2D eigenvalue weighted by molar-refractivity contribution is 6.13. The first-order valence-electron chi connectivity index (χ1n) is 8.68. The molecule has 2 aromatic carbocycles. The van der Waals surface area contributed by atoms with Crippen LogP contribution in [0, 0.1) is 0 Å². The third-order valence-electron chi connectivity index (χ3n) is 4.67. The van der Waals surface area contributed by atoms with Crippen molar-refractivity contribution in [2.75, 3.05) is 20.8 Å². The minimum atomic E-state index is -1.73. The summed E-state index contributed by atoms with van der Waals surface area (Å²) in [5.41, 5.74) is -1.20. The third kappa shape index (κ3) is 4.59. The van der Waals surface area contributed by atoms with E-state index in [2.05, 4.69) is 5.32 Å². The zero-order chi connectivity index (χ0) is 19.0. The summed E-state index contributed by atoms with van der Waals surface area (Å²) in [4.78, 5) is 12.9. The van der Waals surface area contributed by atoms with E-state index in [0.717, 1.165) is 10.2 Å². The summed E-state index contributed by atoms with van der Waals surface area (Å²) >= 11 is 0. The van der Waals surface area contributed by atoms with E-state index < -0.39 is 16.9 Å². The quantitative estimate of drug-likeness (QED) is 0.393. The fraction of sp³-hybridized carbons (Fsp3) is 0.350. The Balaban J connectivity index is 2.13. The molecule has 26 heavy (non-hydrogen) atoms. The van der Waals surface area contributed by atoms with Gasteiger partial charge in [0.15, 0.2) is 5.60 Å². The first kappa shape index (κ1) is 20.3. The van der Waals surface area contributed by atoms with E-state index >= 15 is 0 Å². The third-order valence-corrected chi connectivity index (χ3v) is 5.99. The van der Waals surface area contributed by atoms with E-state index in [0.29, 0.717) is 30.5 Å². The fourth-order valence-corrected chi connectivity index (χ4v) is 3.17. The Bertz CT molecular complexity index is 650. The Kier molecular flexibility index (Phi) is 7.11. The molecule has 2 N–H and O–H groups in total. The summed E-state index contributed by atoms with van der Waals surface area (Å²) in [5.74, 6) is -0.441. The Hall–Kier alpha value is -1.99. The van der Waals surface area contributed by atoms with Gasteiger partial charge in [0.05, 0.1) is 10.2 Å². The molecule has 140 valence electrons. The lowest BCUT2D eigenvalue weighted by Gasteiger charge is -2.29. The van der Waals surface area contributed by atoms with Gasteiger partial charge >= 0.3 is 0 Å². The van der Waals surface area contributed by atoms with Gasteiger partial charge in [0, 0.05) is 20.8 Å². The molecule has 0 saturated carbocycles. The SMILES string of the molecule is COC([SiH3])(CCCNC(=O)C(O)(c1ccccc1)c1ccccc1)OC. The molecule has 0 aromatic heterocycles. The van der Waals surface area contributed by atoms with Crippen LogP contribution in [0.4, 0.5) is 0 Å². The van der Waals surface area contributed by atoms with E-state index in [-0.39, 0.29) is 0 Å². The van der Waals surface area contributed by atoms with Crippen LogP contribution in [0.5, 0.6) is 0 Å². The topological polar surface area (TPSA) is 67.8 Å². The van der Waals surface area contributed by atoms with Crippen LogP contribution in [0.3, 0.4) is 0 Å². The van der Waals surface area contributed by atoms with Crippen molar-refractivity contribution in [1.29, 1.82) is 0 Å². The number of carbonyl (C=O) groups excluding carboxylic acids is 1. The lowest BCUT2D eigenvalue weighted by molar-refractivity contribution is -0.147. The van der Waals surface area contributed by atoms with Gasteiger partial charge in [-0.3, -0.25) is 4.79 Å². The highest BCUT2D eigenvalue weighted by atomic mass is 28.1. The molecule has 5 nitrogen and oxygen atoms in total. The van der Waals surface area contributed by atoms with Crippen LogP contribution in [-0.4, -0.2) is 47.4 Å². The number of amides is 1.